The van der Waals surface area contributed by atoms with Gasteiger partial charge in [-0.15, -0.1) is 0 Å². The summed E-state index contributed by atoms with van der Waals surface area (Å²) in [5, 5.41) is 2.89. The number of hydrogen-bond donors (Lipinski definition) is 1. The van der Waals surface area contributed by atoms with E-state index < -0.39 is 10.0 Å². The SMILES string of the molecule is CCc1ccc(N(CCCC(=O)NCc2ccc(N(C)C)cc2)S(C)(=O)=O)cc1. The summed E-state index contributed by atoms with van der Waals surface area (Å²) in [6.45, 7) is 2.79. The second-order valence-electron chi connectivity index (χ2n) is 7.30. The Hall–Kier alpha value is -2.54. The predicted molar refractivity (Wildman–Crippen MR) is 120 cm³/mol. The van der Waals surface area contributed by atoms with Gasteiger partial charge in [0.15, 0.2) is 0 Å². The lowest BCUT2D eigenvalue weighted by molar-refractivity contribution is -0.121. The molecule has 0 atom stereocenters. The quantitative estimate of drug-likeness (QED) is 0.645. The van der Waals surface area contributed by atoms with Crippen LogP contribution in [-0.4, -0.2) is 41.2 Å². The molecule has 0 aromatic heterocycles. The largest absolute Gasteiger partial charge is 0.378 e. The van der Waals surface area contributed by atoms with Gasteiger partial charge >= 0.3 is 0 Å². The van der Waals surface area contributed by atoms with Gasteiger partial charge in [0, 0.05) is 39.3 Å². The molecule has 29 heavy (non-hydrogen) atoms. The molecule has 2 aromatic carbocycles. The van der Waals surface area contributed by atoms with Gasteiger partial charge in [0.25, 0.3) is 0 Å². The van der Waals surface area contributed by atoms with Gasteiger partial charge in [-0.05, 0) is 48.2 Å². The molecule has 2 rings (SSSR count). The number of hydrogen-bond acceptors (Lipinski definition) is 4. The highest BCUT2D eigenvalue weighted by Gasteiger charge is 2.17. The third kappa shape index (κ3) is 7.09. The molecule has 0 radical (unpaired) electrons. The molecule has 0 aliphatic heterocycles. The van der Waals surface area contributed by atoms with Crippen LogP contribution >= 0.6 is 0 Å². The van der Waals surface area contributed by atoms with Gasteiger partial charge in [0.2, 0.25) is 15.9 Å². The molecule has 7 heteroatoms. The number of sulfonamides is 1. The number of nitrogens with one attached hydrogen (secondary N) is 1. The van der Waals surface area contributed by atoms with Crippen LogP contribution in [-0.2, 0) is 27.8 Å². The lowest BCUT2D eigenvalue weighted by Gasteiger charge is -2.22. The fraction of sp³-hybridized carbons (Fsp3) is 0.409. The zero-order valence-electron chi connectivity index (χ0n) is 17.7. The Morgan fingerprint density at radius 3 is 2.00 bits per heavy atom. The summed E-state index contributed by atoms with van der Waals surface area (Å²) in [5.41, 5.74) is 3.91. The van der Waals surface area contributed by atoms with E-state index >= 15 is 0 Å². The molecule has 6 nitrogen and oxygen atoms in total. The first-order valence-corrected chi connectivity index (χ1v) is 11.6. The molecule has 0 saturated heterocycles. The van der Waals surface area contributed by atoms with Crippen molar-refractivity contribution in [3.63, 3.8) is 0 Å². The van der Waals surface area contributed by atoms with Crippen LogP contribution in [0.2, 0.25) is 0 Å². The number of anilines is 2. The zero-order chi connectivity index (χ0) is 21.4. The van der Waals surface area contributed by atoms with E-state index in [1.165, 1.54) is 10.6 Å². The molecule has 0 unspecified atom stereocenters. The Morgan fingerprint density at radius 1 is 0.931 bits per heavy atom. The first kappa shape index (κ1) is 22.7. The van der Waals surface area contributed by atoms with Crippen molar-refractivity contribution in [2.75, 3.05) is 36.1 Å². The summed E-state index contributed by atoms with van der Waals surface area (Å²) in [6.07, 6.45) is 2.82. The zero-order valence-corrected chi connectivity index (χ0v) is 18.5. The van der Waals surface area contributed by atoms with Gasteiger partial charge in [-0.3, -0.25) is 9.10 Å². The molecule has 0 saturated carbocycles. The van der Waals surface area contributed by atoms with Crippen molar-refractivity contribution >= 4 is 27.3 Å². The van der Waals surface area contributed by atoms with E-state index in [0.717, 1.165) is 23.2 Å². The summed E-state index contributed by atoms with van der Waals surface area (Å²) in [4.78, 5) is 14.2. The van der Waals surface area contributed by atoms with Crippen molar-refractivity contribution < 1.29 is 13.2 Å². The molecular weight excluding hydrogens is 386 g/mol. The average Bonchev–Trinajstić information content (AvgIpc) is 2.69. The van der Waals surface area contributed by atoms with Gasteiger partial charge in [-0.25, -0.2) is 8.42 Å². The molecule has 1 N–H and O–H groups in total. The van der Waals surface area contributed by atoms with Crippen LogP contribution in [0.4, 0.5) is 11.4 Å². The van der Waals surface area contributed by atoms with Gasteiger partial charge in [-0.1, -0.05) is 31.2 Å². The predicted octanol–water partition coefficient (Wildman–Crippen LogP) is 3.18. The van der Waals surface area contributed by atoms with Crippen molar-refractivity contribution in [3.05, 3.63) is 59.7 Å². The highest BCUT2D eigenvalue weighted by Crippen LogP contribution is 2.19. The molecule has 158 valence electrons. The third-order valence-corrected chi connectivity index (χ3v) is 5.93. The Morgan fingerprint density at radius 2 is 1.48 bits per heavy atom. The van der Waals surface area contributed by atoms with Crippen LogP contribution in [0.1, 0.15) is 30.9 Å². The Labute approximate surface area is 174 Å². The number of rotatable bonds is 10. The molecule has 1 amide bonds. The van der Waals surface area contributed by atoms with Gasteiger partial charge in [0.1, 0.15) is 0 Å². The van der Waals surface area contributed by atoms with E-state index in [0.29, 0.717) is 18.7 Å². The third-order valence-electron chi connectivity index (χ3n) is 4.74. The number of aryl methyl sites for hydroxylation is 1. The topological polar surface area (TPSA) is 69.7 Å². The van der Waals surface area contributed by atoms with Crippen LogP contribution in [0.5, 0.6) is 0 Å². The van der Waals surface area contributed by atoms with E-state index in [9.17, 15) is 13.2 Å². The number of carbonyl (C=O) groups is 1. The fourth-order valence-corrected chi connectivity index (χ4v) is 3.93. The van der Waals surface area contributed by atoms with Crippen molar-refractivity contribution in [2.24, 2.45) is 0 Å². The minimum absolute atomic E-state index is 0.0866. The van der Waals surface area contributed by atoms with Crippen LogP contribution in [0.15, 0.2) is 48.5 Å². The minimum atomic E-state index is -3.40. The monoisotopic (exact) mass is 417 g/mol. The molecule has 0 aliphatic carbocycles. The van der Waals surface area contributed by atoms with Crippen molar-refractivity contribution in [1.29, 1.82) is 0 Å². The minimum Gasteiger partial charge on any atom is -0.378 e. The summed E-state index contributed by atoms with van der Waals surface area (Å²) in [5.74, 6) is -0.0866. The first-order chi connectivity index (χ1) is 13.7. The Balaban J connectivity index is 1.85. The smallest absolute Gasteiger partial charge is 0.232 e. The normalized spacial score (nSPS) is 11.2. The van der Waals surface area contributed by atoms with Gasteiger partial charge < -0.3 is 10.2 Å². The number of nitrogens with zero attached hydrogens (tertiary/aromatic N) is 2. The number of amides is 1. The van der Waals surface area contributed by atoms with Crippen LogP contribution < -0.4 is 14.5 Å². The summed E-state index contributed by atoms with van der Waals surface area (Å²) < 4.78 is 25.7. The Bertz CT molecular complexity index is 892. The second kappa shape index (κ2) is 10.3. The maximum absolute atomic E-state index is 12.2. The second-order valence-corrected chi connectivity index (χ2v) is 9.20. The average molecular weight is 418 g/mol. The molecule has 0 bridgehead atoms. The van der Waals surface area contributed by atoms with Gasteiger partial charge in [0.05, 0.1) is 11.9 Å². The Kier molecular flexibility index (Phi) is 8.08. The summed E-state index contributed by atoms with van der Waals surface area (Å²) in [6, 6.07) is 15.5. The molecule has 0 fully saturated rings. The van der Waals surface area contributed by atoms with E-state index in [-0.39, 0.29) is 18.9 Å². The lowest BCUT2D eigenvalue weighted by Crippen LogP contribution is -2.32. The molecule has 0 heterocycles. The number of carbonyl (C=O) groups excluding carboxylic acids is 1. The van der Waals surface area contributed by atoms with E-state index in [2.05, 4.69) is 12.2 Å². The molecule has 0 spiro atoms. The van der Waals surface area contributed by atoms with Crippen LogP contribution in [0.3, 0.4) is 0 Å². The van der Waals surface area contributed by atoms with E-state index in [1.807, 2.05) is 67.5 Å². The van der Waals surface area contributed by atoms with Crippen molar-refractivity contribution in [2.45, 2.75) is 32.7 Å². The molecule has 2 aromatic rings. The van der Waals surface area contributed by atoms with Crippen molar-refractivity contribution in [3.8, 4) is 0 Å². The number of benzene rings is 2. The van der Waals surface area contributed by atoms with Crippen LogP contribution in [0.25, 0.3) is 0 Å². The highest BCUT2D eigenvalue weighted by atomic mass is 32.2. The van der Waals surface area contributed by atoms with E-state index in [1.54, 1.807) is 0 Å². The maximum atomic E-state index is 12.2. The fourth-order valence-electron chi connectivity index (χ4n) is 2.97. The highest BCUT2D eigenvalue weighted by molar-refractivity contribution is 7.92. The summed E-state index contributed by atoms with van der Waals surface area (Å²) >= 11 is 0. The standard InChI is InChI=1S/C22H31N3O3S/c1-5-18-8-14-21(15-9-18)25(29(4,27)28)16-6-7-22(26)23-17-19-10-12-20(13-11-19)24(2)3/h8-15H,5-7,16-17H2,1-4H3,(H,23,26). The van der Waals surface area contributed by atoms with E-state index in [4.69, 9.17) is 0 Å². The molecule has 0 aliphatic rings. The lowest BCUT2D eigenvalue weighted by atomic mass is 10.1. The van der Waals surface area contributed by atoms with Gasteiger partial charge in [-0.2, -0.15) is 0 Å². The molecular formula is C22H31N3O3S. The van der Waals surface area contributed by atoms with Crippen molar-refractivity contribution in [1.82, 2.24) is 5.32 Å². The first-order valence-electron chi connectivity index (χ1n) is 9.80. The summed E-state index contributed by atoms with van der Waals surface area (Å²) in [7, 11) is 0.558. The van der Waals surface area contributed by atoms with Crippen LogP contribution in [0, 0.1) is 0 Å². The maximum Gasteiger partial charge on any atom is 0.232 e.